The van der Waals surface area contributed by atoms with E-state index in [0.717, 1.165) is 19.4 Å². The molecular formula is C17H22N2. The number of rotatable bonds is 6. The molecule has 0 saturated heterocycles. The van der Waals surface area contributed by atoms with E-state index in [-0.39, 0.29) is 0 Å². The molecule has 1 unspecified atom stereocenters. The van der Waals surface area contributed by atoms with Gasteiger partial charge in [0.1, 0.15) is 0 Å². The number of hydrogen-bond acceptors (Lipinski definition) is 2. The van der Waals surface area contributed by atoms with Crippen molar-refractivity contribution in [3.05, 3.63) is 65.5 Å². The van der Waals surface area contributed by atoms with Gasteiger partial charge in [-0.05, 0) is 43.0 Å². The lowest BCUT2D eigenvalue weighted by Gasteiger charge is -2.19. The third kappa shape index (κ3) is 4.18. The number of hydrogen-bond donors (Lipinski definition) is 1. The minimum absolute atomic E-state index is 0.342. The monoisotopic (exact) mass is 254 g/mol. The van der Waals surface area contributed by atoms with Gasteiger partial charge in [-0.3, -0.25) is 4.98 Å². The van der Waals surface area contributed by atoms with E-state index in [1.807, 2.05) is 12.4 Å². The van der Waals surface area contributed by atoms with Gasteiger partial charge in [-0.15, -0.1) is 0 Å². The van der Waals surface area contributed by atoms with E-state index in [2.05, 4.69) is 60.5 Å². The Kier molecular flexibility index (Phi) is 5.10. The number of aryl methyl sites for hydroxylation is 1. The molecule has 0 aliphatic rings. The summed E-state index contributed by atoms with van der Waals surface area (Å²) in [7, 11) is 0. The summed E-state index contributed by atoms with van der Waals surface area (Å²) in [6, 6.07) is 13.2. The van der Waals surface area contributed by atoms with E-state index >= 15 is 0 Å². The van der Waals surface area contributed by atoms with Crippen LogP contribution >= 0.6 is 0 Å². The first-order valence-electron chi connectivity index (χ1n) is 6.98. The second-order valence-corrected chi connectivity index (χ2v) is 4.99. The fourth-order valence-corrected chi connectivity index (χ4v) is 2.25. The second-order valence-electron chi connectivity index (χ2n) is 4.99. The Morgan fingerprint density at radius 3 is 2.63 bits per heavy atom. The van der Waals surface area contributed by atoms with Crippen LogP contribution in [0.25, 0.3) is 0 Å². The fraction of sp³-hybridized carbons (Fsp3) is 0.353. The van der Waals surface area contributed by atoms with Gasteiger partial charge < -0.3 is 5.32 Å². The van der Waals surface area contributed by atoms with Crippen LogP contribution in [-0.4, -0.2) is 11.5 Å². The van der Waals surface area contributed by atoms with Crippen LogP contribution in [0.1, 0.15) is 36.1 Å². The molecule has 0 saturated carbocycles. The van der Waals surface area contributed by atoms with Crippen LogP contribution in [0.4, 0.5) is 0 Å². The average molecular weight is 254 g/mol. The zero-order valence-electron chi connectivity index (χ0n) is 11.8. The van der Waals surface area contributed by atoms with Gasteiger partial charge in [0.25, 0.3) is 0 Å². The minimum Gasteiger partial charge on any atom is -0.310 e. The molecule has 0 amide bonds. The van der Waals surface area contributed by atoms with Crippen molar-refractivity contribution in [2.24, 2.45) is 0 Å². The van der Waals surface area contributed by atoms with Crippen LogP contribution in [0.3, 0.4) is 0 Å². The van der Waals surface area contributed by atoms with E-state index in [0.29, 0.717) is 6.04 Å². The number of benzene rings is 1. The Bertz CT molecular complexity index is 494. The quantitative estimate of drug-likeness (QED) is 0.850. The van der Waals surface area contributed by atoms with Crippen LogP contribution in [0.5, 0.6) is 0 Å². The lowest BCUT2D eigenvalue weighted by atomic mass is 9.99. The highest BCUT2D eigenvalue weighted by molar-refractivity contribution is 5.24. The number of nitrogens with one attached hydrogen (secondary N) is 1. The fourth-order valence-electron chi connectivity index (χ4n) is 2.25. The molecule has 1 aromatic carbocycles. The molecule has 2 nitrogen and oxygen atoms in total. The van der Waals surface area contributed by atoms with Crippen LogP contribution in [0, 0.1) is 6.92 Å². The van der Waals surface area contributed by atoms with Gasteiger partial charge in [-0.1, -0.05) is 43.3 Å². The lowest BCUT2D eigenvalue weighted by Crippen LogP contribution is -2.24. The third-order valence-corrected chi connectivity index (χ3v) is 3.22. The predicted molar refractivity (Wildman–Crippen MR) is 80.2 cm³/mol. The Morgan fingerprint density at radius 1 is 1.16 bits per heavy atom. The van der Waals surface area contributed by atoms with Crippen molar-refractivity contribution in [2.75, 3.05) is 6.54 Å². The van der Waals surface area contributed by atoms with Crippen molar-refractivity contribution in [3.63, 3.8) is 0 Å². The molecule has 2 aromatic rings. The second kappa shape index (κ2) is 7.05. The highest BCUT2D eigenvalue weighted by Crippen LogP contribution is 2.18. The first-order valence-corrected chi connectivity index (χ1v) is 6.98. The molecule has 1 aromatic heterocycles. The summed E-state index contributed by atoms with van der Waals surface area (Å²) < 4.78 is 0. The molecule has 100 valence electrons. The van der Waals surface area contributed by atoms with Gasteiger partial charge in [0.2, 0.25) is 0 Å². The van der Waals surface area contributed by atoms with Crippen LogP contribution in [-0.2, 0) is 6.42 Å². The molecule has 0 radical (unpaired) electrons. The smallest absolute Gasteiger partial charge is 0.0376 e. The van der Waals surface area contributed by atoms with Crippen molar-refractivity contribution < 1.29 is 0 Å². The summed E-state index contributed by atoms with van der Waals surface area (Å²) >= 11 is 0. The Labute approximate surface area is 115 Å². The highest BCUT2D eigenvalue weighted by Gasteiger charge is 2.11. The van der Waals surface area contributed by atoms with Gasteiger partial charge in [-0.2, -0.15) is 0 Å². The SMILES string of the molecule is CCCNC(Cc1ccccc1)c1cncc(C)c1. The summed E-state index contributed by atoms with van der Waals surface area (Å²) in [5, 5.41) is 3.62. The molecular weight excluding hydrogens is 232 g/mol. The first-order chi connectivity index (χ1) is 9.29. The Hall–Kier alpha value is -1.67. The summed E-state index contributed by atoms with van der Waals surface area (Å²) in [5.41, 5.74) is 3.85. The molecule has 1 atom stereocenters. The van der Waals surface area contributed by atoms with E-state index in [1.165, 1.54) is 16.7 Å². The first kappa shape index (κ1) is 13.8. The Balaban J connectivity index is 2.16. The largest absolute Gasteiger partial charge is 0.310 e. The number of aromatic nitrogens is 1. The third-order valence-electron chi connectivity index (χ3n) is 3.22. The van der Waals surface area contributed by atoms with E-state index in [4.69, 9.17) is 0 Å². The van der Waals surface area contributed by atoms with Crippen LogP contribution in [0.2, 0.25) is 0 Å². The molecule has 19 heavy (non-hydrogen) atoms. The Morgan fingerprint density at radius 2 is 1.95 bits per heavy atom. The van der Waals surface area contributed by atoms with Crippen molar-refractivity contribution in [1.29, 1.82) is 0 Å². The molecule has 2 rings (SSSR count). The summed E-state index contributed by atoms with van der Waals surface area (Å²) in [6.45, 7) is 5.32. The van der Waals surface area contributed by atoms with Crippen LogP contribution in [0.15, 0.2) is 48.8 Å². The molecule has 1 N–H and O–H groups in total. The average Bonchev–Trinajstić information content (AvgIpc) is 2.44. The van der Waals surface area contributed by atoms with Gasteiger partial charge in [0.15, 0.2) is 0 Å². The van der Waals surface area contributed by atoms with Crippen molar-refractivity contribution >= 4 is 0 Å². The van der Waals surface area contributed by atoms with Gasteiger partial charge >= 0.3 is 0 Å². The van der Waals surface area contributed by atoms with Crippen LogP contribution < -0.4 is 5.32 Å². The normalized spacial score (nSPS) is 12.3. The predicted octanol–water partition coefficient (Wildman–Crippen LogP) is 3.67. The lowest BCUT2D eigenvalue weighted by molar-refractivity contribution is 0.527. The summed E-state index contributed by atoms with van der Waals surface area (Å²) in [4.78, 5) is 4.31. The highest BCUT2D eigenvalue weighted by atomic mass is 14.9. The van der Waals surface area contributed by atoms with E-state index < -0.39 is 0 Å². The topological polar surface area (TPSA) is 24.9 Å². The molecule has 0 aliphatic carbocycles. The summed E-state index contributed by atoms with van der Waals surface area (Å²) in [5.74, 6) is 0. The van der Waals surface area contributed by atoms with Gasteiger partial charge in [-0.25, -0.2) is 0 Å². The van der Waals surface area contributed by atoms with Crippen molar-refractivity contribution in [2.45, 2.75) is 32.7 Å². The van der Waals surface area contributed by atoms with E-state index in [1.54, 1.807) is 0 Å². The molecule has 0 aliphatic heterocycles. The minimum atomic E-state index is 0.342. The van der Waals surface area contributed by atoms with Gasteiger partial charge in [0, 0.05) is 18.4 Å². The molecule has 0 bridgehead atoms. The zero-order valence-corrected chi connectivity index (χ0v) is 11.8. The molecule has 2 heteroatoms. The maximum atomic E-state index is 4.31. The van der Waals surface area contributed by atoms with E-state index in [9.17, 15) is 0 Å². The zero-order chi connectivity index (χ0) is 13.5. The number of nitrogens with zero attached hydrogens (tertiary/aromatic N) is 1. The van der Waals surface area contributed by atoms with Gasteiger partial charge in [0.05, 0.1) is 0 Å². The van der Waals surface area contributed by atoms with Crippen molar-refractivity contribution in [3.8, 4) is 0 Å². The molecule has 0 spiro atoms. The molecule has 1 heterocycles. The van der Waals surface area contributed by atoms with Crippen molar-refractivity contribution in [1.82, 2.24) is 10.3 Å². The summed E-state index contributed by atoms with van der Waals surface area (Å²) in [6.07, 6.45) is 6.03. The molecule has 0 fully saturated rings. The maximum Gasteiger partial charge on any atom is 0.0376 e. The number of pyridine rings is 1. The standard InChI is InChI=1S/C17H22N2/c1-3-9-19-17(11-15-7-5-4-6-8-15)16-10-14(2)12-18-13-16/h4-8,10,12-13,17,19H,3,9,11H2,1-2H3. The maximum absolute atomic E-state index is 4.31.